The summed E-state index contributed by atoms with van der Waals surface area (Å²) in [6.07, 6.45) is 3.24. The highest BCUT2D eigenvalue weighted by Gasteiger charge is 2.24. The first-order valence-electron chi connectivity index (χ1n) is 7.46. The Morgan fingerprint density at radius 3 is 3.04 bits per heavy atom. The van der Waals surface area contributed by atoms with Gasteiger partial charge in [-0.3, -0.25) is 19.1 Å². The molecule has 3 heterocycles. The number of hydrogen-bond donors (Lipinski definition) is 3. The normalized spacial score (nSPS) is 15.6. The summed E-state index contributed by atoms with van der Waals surface area (Å²) in [4.78, 5) is 38.7. The molecule has 1 unspecified atom stereocenters. The molecule has 2 aromatic heterocycles. The highest BCUT2D eigenvalue weighted by atomic mass is 16.3. The second kappa shape index (κ2) is 8.04. The number of nitrogens with zero attached hydrogens (tertiary/aromatic N) is 3. The van der Waals surface area contributed by atoms with Crippen LogP contribution in [-0.2, 0) is 29.1 Å². The molecule has 9 nitrogen and oxygen atoms in total. The predicted octanol–water partition coefficient (Wildman–Crippen LogP) is -0.146. The predicted molar refractivity (Wildman–Crippen MR) is 84.2 cm³/mol. The third-order valence-corrected chi connectivity index (χ3v) is 3.68. The number of H-pyrrole nitrogens is 1. The van der Waals surface area contributed by atoms with Crippen molar-refractivity contribution in [3.05, 3.63) is 45.9 Å². The van der Waals surface area contributed by atoms with Crippen LogP contribution in [0.15, 0.2) is 23.1 Å². The molecule has 0 fully saturated rings. The van der Waals surface area contributed by atoms with Crippen molar-refractivity contribution in [1.29, 1.82) is 0 Å². The van der Waals surface area contributed by atoms with Crippen molar-refractivity contribution >= 4 is 12.4 Å². The molecule has 0 aliphatic carbocycles. The first-order chi connectivity index (χ1) is 11.5. The summed E-state index contributed by atoms with van der Waals surface area (Å²) in [6.45, 7) is 2.51. The largest absolute Gasteiger partial charge is 0.483 e. The van der Waals surface area contributed by atoms with Crippen LogP contribution in [0.3, 0.4) is 0 Å². The first kappa shape index (κ1) is 17.4. The van der Waals surface area contributed by atoms with Crippen LogP contribution in [-0.4, -0.2) is 37.2 Å². The summed E-state index contributed by atoms with van der Waals surface area (Å²) >= 11 is 0. The van der Waals surface area contributed by atoms with E-state index in [-0.39, 0.29) is 30.4 Å². The second-order valence-electron chi connectivity index (χ2n) is 5.38. The molecule has 0 spiro atoms. The van der Waals surface area contributed by atoms with Crippen molar-refractivity contribution in [1.82, 2.24) is 25.1 Å². The average Bonchev–Trinajstić information content (AvgIpc) is 3.00. The van der Waals surface area contributed by atoms with Gasteiger partial charge in [0.2, 0.25) is 5.91 Å². The molecule has 0 radical (unpaired) electrons. The maximum atomic E-state index is 12.2. The number of aromatic amines is 1. The molecule has 24 heavy (non-hydrogen) atoms. The van der Waals surface area contributed by atoms with E-state index in [2.05, 4.69) is 20.4 Å². The maximum Gasteiger partial charge on any atom is 0.290 e. The number of rotatable bonds is 3. The number of hydrogen-bond acceptors (Lipinski definition) is 5. The van der Waals surface area contributed by atoms with Gasteiger partial charge in [-0.25, -0.2) is 4.98 Å². The van der Waals surface area contributed by atoms with Crippen LogP contribution >= 0.6 is 0 Å². The quantitative estimate of drug-likeness (QED) is 0.670. The molecule has 9 heteroatoms. The summed E-state index contributed by atoms with van der Waals surface area (Å²) in [5.41, 5.74) is 1.46. The van der Waals surface area contributed by atoms with E-state index in [0.29, 0.717) is 17.9 Å². The van der Waals surface area contributed by atoms with E-state index < -0.39 is 0 Å². The van der Waals surface area contributed by atoms with Crippen LogP contribution in [0.4, 0.5) is 0 Å². The zero-order chi connectivity index (χ0) is 17.5. The Labute approximate surface area is 137 Å². The lowest BCUT2D eigenvalue weighted by atomic mass is 9.95. The molecule has 128 valence electrons. The van der Waals surface area contributed by atoms with Crippen LogP contribution in [0, 0.1) is 12.8 Å². The van der Waals surface area contributed by atoms with Gasteiger partial charge in [-0.15, -0.1) is 0 Å². The molecule has 1 aliphatic heterocycles. The Kier molecular flexibility index (Phi) is 5.83. The molecule has 1 aliphatic rings. The summed E-state index contributed by atoms with van der Waals surface area (Å²) in [7, 11) is 0. The number of amides is 1. The van der Waals surface area contributed by atoms with Gasteiger partial charge in [0.1, 0.15) is 5.82 Å². The van der Waals surface area contributed by atoms with Gasteiger partial charge in [-0.05, 0) is 19.4 Å². The van der Waals surface area contributed by atoms with E-state index in [1.165, 1.54) is 6.07 Å². The molecule has 1 atom stereocenters. The smallest absolute Gasteiger partial charge is 0.290 e. The lowest BCUT2D eigenvalue weighted by molar-refractivity contribution is -0.126. The van der Waals surface area contributed by atoms with Crippen molar-refractivity contribution in [3.63, 3.8) is 0 Å². The molecule has 1 amide bonds. The van der Waals surface area contributed by atoms with E-state index >= 15 is 0 Å². The summed E-state index contributed by atoms with van der Waals surface area (Å²) in [5.74, 6) is 0.507. The standard InChI is InChI=1S/C14H17N5O2.CH2O2/c1-9-17-11(7-13(20)18-9)8-15-14(21)10-3-5-19-12(6-10)2-4-16-19;2-1-3/h2,4,7,10H,3,5-6,8H2,1H3,(H,15,21)(H,17,18,20);1H,(H,2,3). The Morgan fingerprint density at radius 2 is 2.33 bits per heavy atom. The van der Waals surface area contributed by atoms with Gasteiger partial charge in [-0.1, -0.05) is 0 Å². The molecule has 0 saturated carbocycles. The minimum atomic E-state index is -0.250. The molecular weight excluding hydrogens is 314 g/mol. The van der Waals surface area contributed by atoms with Crippen molar-refractivity contribution < 1.29 is 14.7 Å². The topological polar surface area (TPSA) is 130 Å². The highest BCUT2D eigenvalue weighted by Crippen LogP contribution is 2.19. The maximum absolute atomic E-state index is 12.2. The SMILES string of the molecule is Cc1nc(CNC(=O)C2CCn3nccc3C2)cc(=O)[nH]1.O=CO. The Balaban J connectivity index is 0.000000647. The molecule has 3 rings (SSSR count). The molecule has 0 aromatic carbocycles. The van der Waals surface area contributed by atoms with Crippen LogP contribution < -0.4 is 10.9 Å². The number of carboxylic acid groups (broad SMARTS) is 1. The number of aryl methyl sites for hydroxylation is 2. The number of aromatic nitrogens is 4. The number of carbonyl (C=O) groups excluding carboxylic acids is 1. The Bertz CT molecular complexity index is 767. The first-order valence-corrected chi connectivity index (χ1v) is 7.46. The molecule has 2 aromatic rings. The van der Waals surface area contributed by atoms with Gasteiger partial charge in [0.05, 0.1) is 12.2 Å². The van der Waals surface area contributed by atoms with Gasteiger partial charge >= 0.3 is 0 Å². The minimum Gasteiger partial charge on any atom is -0.483 e. The zero-order valence-corrected chi connectivity index (χ0v) is 13.2. The lowest BCUT2D eigenvalue weighted by Crippen LogP contribution is -2.35. The van der Waals surface area contributed by atoms with Crippen molar-refractivity contribution in [2.24, 2.45) is 5.92 Å². The fourth-order valence-corrected chi connectivity index (χ4v) is 2.65. The van der Waals surface area contributed by atoms with Crippen LogP contribution in [0.25, 0.3) is 0 Å². The Hall–Kier alpha value is -2.97. The number of carbonyl (C=O) groups is 2. The number of nitrogens with one attached hydrogen (secondary N) is 2. The van der Waals surface area contributed by atoms with E-state index in [4.69, 9.17) is 9.90 Å². The monoisotopic (exact) mass is 333 g/mol. The Morgan fingerprint density at radius 1 is 1.58 bits per heavy atom. The summed E-state index contributed by atoms with van der Waals surface area (Å²) in [5, 5.41) is 14.0. The zero-order valence-electron chi connectivity index (χ0n) is 13.2. The van der Waals surface area contributed by atoms with Crippen molar-refractivity contribution in [3.8, 4) is 0 Å². The van der Waals surface area contributed by atoms with Crippen LogP contribution in [0.5, 0.6) is 0 Å². The van der Waals surface area contributed by atoms with Gasteiger partial charge in [0.25, 0.3) is 12.0 Å². The van der Waals surface area contributed by atoms with Crippen molar-refractivity contribution in [2.45, 2.75) is 32.9 Å². The van der Waals surface area contributed by atoms with Gasteiger partial charge in [-0.2, -0.15) is 5.10 Å². The summed E-state index contributed by atoms with van der Waals surface area (Å²) < 4.78 is 1.94. The van der Waals surface area contributed by atoms with E-state index in [1.807, 2.05) is 10.7 Å². The van der Waals surface area contributed by atoms with Gasteiger partial charge < -0.3 is 15.4 Å². The van der Waals surface area contributed by atoms with Crippen LogP contribution in [0.1, 0.15) is 23.6 Å². The third kappa shape index (κ3) is 4.51. The van der Waals surface area contributed by atoms with E-state index in [9.17, 15) is 9.59 Å². The van der Waals surface area contributed by atoms with E-state index in [0.717, 1.165) is 18.7 Å². The minimum absolute atomic E-state index is 0.00202. The molecule has 0 bridgehead atoms. The van der Waals surface area contributed by atoms with Gasteiger partial charge in [0.15, 0.2) is 0 Å². The highest BCUT2D eigenvalue weighted by molar-refractivity contribution is 5.78. The summed E-state index contributed by atoms with van der Waals surface area (Å²) in [6, 6.07) is 3.35. The van der Waals surface area contributed by atoms with Crippen LogP contribution in [0.2, 0.25) is 0 Å². The lowest BCUT2D eigenvalue weighted by Gasteiger charge is -2.22. The molecular formula is C15H19N5O4. The van der Waals surface area contributed by atoms with Crippen molar-refractivity contribution in [2.75, 3.05) is 0 Å². The average molecular weight is 333 g/mol. The molecule has 0 saturated heterocycles. The fraction of sp³-hybridized carbons (Fsp3) is 0.400. The van der Waals surface area contributed by atoms with E-state index in [1.54, 1.807) is 13.1 Å². The third-order valence-electron chi connectivity index (χ3n) is 3.68. The second-order valence-corrected chi connectivity index (χ2v) is 5.38. The van der Waals surface area contributed by atoms with Gasteiger partial charge in [0, 0.05) is 36.8 Å². The molecule has 3 N–H and O–H groups in total. The number of fused-ring (bicyclic) bond motifs is 1. The fourth-order valence-electron chi connectivity index (χ4n) is 2.65.